The molecule has 0 heterocycles. The van der Waals surface area contributed by atoms with E-state index in [1.807, 2.05) is 13.8 Å². The molecule has 1 rings (SSSR count). The van der Waals surface area contributed by atoms with Crippen molar-refractivity contribution in [1.29, 1.82) is 0 Å². The molecule has 0 radical (unpaired) electrons. The lowest BCUT2D eigenvalue weighted by Gasteiger charge is -2.23. The molecular weight excluding hydrogens is 206 g/mol. The van der Waals surface area contributed by atoms with E-state index in [0.29, 0.717) is 5.56 Å². The van der Waals surface area contributed by atoms with Gasteiger partial charge in [-0.05, 0) is 17.7 Å². The summed E-state index contributed by atoms with van der Waals surface area (Å²) in [6, 6.07) is 6.70. The minimum atomic E-state index is -0.844. The molecule has 86 valence electrons. The minimum Gasteiger partial charge on any atom is -0.481 e. The Hall–Kier alpha value is -1.84. The molecule has 0 fully saturated rings. The summed E-state index contributed by atoms with van der Waals surface area (Å²) in [4.78, 5) is 21.6. The average Bonchev–Trinajstić information content (AvgIpc) is 2.16. The Balaban J connectivity index is 2.96. The number of benzene rings is 1. The third kappa shape index (κ3) is 2.82. The molecule has 0 aromatic heterocycles. The third-order valence-electron chi connectivity index (χ3n) is 2.54. The van der Waals surface area contributed by atoms with Crippen LogP contribution in [0.4, 0.5) is 0 Å². The number of aliphatic carboxylic acids is 1. The summed E-state index contributed by atoms with van der Waals surface area (Å²) in [5.41, 5.74) is 5.96. The first kappa shape index (κ1) is 12.2. The maximum atomic E-state index is 10.9. The normalized spacial score (nSPS) is 11.1. The number of carbonyl (C=O) groups is 2. The quantitative estimate of drug-likeness (QED) is 0.809. The van der Waals surface area contributed by atoms with Crippen LogP contribution in [0.5, 0.6) is 0 Å². The van der Waals surface area contributed by atoms with Gasteiger partial charge in [0.25, 0.3) is 0 Å². The summed E-state index contributed by atoms with van der Waals surface area (Å²) in [7, 11) is 0. The van der Waals surface area contributed by atoms with Gasteiger partial charge in [-0.25, -0.2) is 0 Å². The largest absolute Gasteiger partial charge is 0.481 e. The molecule has 1 aromatic rings. The van der Waals surface area contributed by atoms with Crippen molar-refractivity contribution in [3.8, 4) is 0 Å². The molecule has 4 nitrogen and oxygen atoms in total. The summed E-state index contributed by atoms with van der Waals surface area (Å²) in [6.07, 6.45) is 0.0446. The van der Waals surface area contributed by atoms with Crippen molar-refractivity contribution >= 4 is 11.9 Å². The maximum Gasteiger partial charge on any atom is 0.304 e. The van der Waals surface area contributed by atoms with Crippen LogP contribution < -0.4 is 5.73 Å². The van der Waals surface area contributed by atoms with Gasteiger partial charge >= 0.3 is 5.97 Å². The van der Waals surface area contributed by atoms with Crippen LogP contribution in [0.15, 0.2) is 24.3 Å². The van der Waals surface area contributed by atoms with Crippen LogP contribution in [0.1, 0.15) is 36.2 Å². The van der Waals surface area contributed by atoms with Crippen molar-refractivity contribution in [1.82, 2.24) is 0 Å². The van der Waals surface area contributed by atoms with E-state index in [2.05, 4.69) is 0 Å². The fraction of sp³-hybridized carbons (Fsp3) is 0.333. The Kier molecular flexibility index (Phi) is 3.32. The summed E-state index contributed by atoms with van der Waals surface area (Å²) in [5, 5.41) is 8.78. The van der Waals surface area contributed by atoms with Crippen LogP contribution in [0.25, 0.3) is 0 Å². The zero-order valence-electron chi connectivity index (χ0n) is 9.36. The Bertz CT molecular complexity index is 407. The first-order valence-corrected chi connectivity index (χ1v) is 4.95. The topological polar surface area (TPSA) is 80.4 Å². The molecule has 0 atom stereocenters. The molecule has 0 saturated carbocycles. The van der Waals surface area contributed by atoms with Crippen LogP contribution in [-0.2, 0) is 10.2 Å². The van der Waals surface area contributed by atoms with Crippen LogP contribution in [0, 0.1) is 0 Å². The Morgan fingerprint density at radius 3 is 2.12 bits per heavy atom. The van der Waals surface area contributed by atoms with Gasteiger partial charge in [0.05, 0.1) is 6.42 Å². The first-order valence-electron chi connectivity index (χ1n) is 4.95. The molecule has 0 aliphatic carbocycles. The highest BCUT2D eigenvalue weighted by Crippen LogP contribution is 2.27. The van der Waals surface area contributed by atoms with Gasteiger partial charge in [-0.15, -0.1) is 0 Å². The van der Waals surface area contributed by atoms with Crippen molar-refractivity contribution in [2.45, 2.75) is 25.7 Å². The Labute approximate surface area is 94.1 Å². The van der Waals surface area contributed by atoms with Crippen molar-refractivity contribution < 1.29 is 14.7 Å². The number of carboxylic acids is 1. The fourth-order valence-corrected chi connectivity index (χ4v) is 1.57. The van der Waals surface area contributed by atoms with E-state index in [-0.39, 0.29) is 6.42 Å². The number of carboxylic acid groups (broad SMARTS) is 1. The lowest BCUT2D eigenvalue weighted by atomic mass is 9.81. The number of rotatable bonds is 4. The molecule has 0 aliphatic rings. The van der Waals surface area contributed by atoms with E-state index in [1.165, 1.54) is 0 Å². The highest BCUT2D eigenvalue weighted by molar-refractivity contribution is 5.92. The molecule has 0 spiro atoms. The molecule has 16 heavy (non-hydrogen) atoms. The zero-order valence-corrected chi connectivity index (χ0v) is 9.36. The lowest BCUT2D eigenvalue weighted by molar-refractivity contribution is -0.138. The SMILES string of the molecule is CC(C)(CC(=O)O)c1ccc(C(N)=O)cc1. The summed E-state index contributed by atoms with van der Waals surface area (Å²) in [5.74, 6) is -1.33. The molecule has 0 aliphatic heterocycles. The summed E-state index contributed by atoms with van der Waals surface area (Å²) < 4.78 is 0. The van der Waals surface area contributed by atoms with Crippen LogP contribution in [-0.4, -0.2) is 17.0 Å². The van der Waals surface area contributed by atoms with E-state index in [9.17, 15) is 9.59 Å². The predicted molar refractivity (Wildman–Crippen MR) is 60.2 cm³/mol. The maximum absolute atomic E-state index is 10.9. The third-order valence-corrected chi connectivity index (χ3v) is 2.54. The average molecular weight is 221 g/mol. The number of hydrogen-bond acceptors (Lipinski definition) is 2. The second kappa shape index (κ2) is 4.35. The number of carbonyl (C=O) groups excluding carboxylic acids is 1. The van der Waals surface area contributed by atoms with Crippen LogP contribution >= 0.6 is 0 Å². The van der Waals surface area contributed by atoms with Gasteiger partial charge in [0.1, 0.15) is 0 Å². The van der Waals surface area contributed by atoms with Crippen molar-refractivity contribution in [3.05, 3.63) is 35.4 Å². The number of amides is 1. The van der Waals surface area contributed by atoms with Crippen molar-refractivity contribution in [2.24, 2.45) is 5.73 Å². The van der Waals surface area contributed by atoms with Crippen LogP contribution in [0.2, 0.25) is 0 Å². The van der Waals surface area contributed by atoms with E-state index in [1.54, 1.807) is 24.3 Å². The molecule has 0 unspecified atom stereocenters. The second-order valence-corrected chi connectivity index (χ2v) is 4.40. The molecule has 3 N–H and O–H groups in total. The van der Waals surface area contributed by atoms with Gasteiger partial charge in [0.2, 0.25) is 5.91 Å². The lowest BCUT2D eigenvalue weighted by Crippen LogP contribution is -2.22. The van der Waals surface area contributed by atoms with Crippen LogP contribution in [0.3, 0.4) is 0 Å². The Morgan fingerprint density at radius 1 is 1.25 bits per heavy atom. The fourth-order valence-electron chi connectivity index (χ4n) is 1.57. The smallest absolute Gasteiger partial charge is 0.304 e. The van der Waals surface area contributed by atoms with Gasteiger partial charge in [-0.3, -0.25) is 9.59 Å². The van der Waals surface area contributed by atoms with E-state index in [4.69, 9.17) is 10.8 Å². The van der Waals surface area contributed by atoms with Gasteiger partial charge in [0.15, 0.2) is 0 Å². The van der Waals surface area contributed by atoms with Crippen molar-refractivity contribution in [2.75, 3.05) is 0 Å². The highest BCUT2D eigenvalue weighted by atomic mass is 16.4. The predicted octanol–water partition coefficient (Wildman–Crippen LogP) is 1.54. The van der Waals surface area contributed by atoms with Gasteiger partial charge < -0.3 is 10.8 Å². The van der Waals surface area contributed by atoms with Crippen molar-refractivity contribution in [3.63, 3.8) is 0 Å². The molecule has 4 heteroatoms. The molecule has 1 aromatic carbocycles. The molecular formula is C12H15NO3. The van der Waals surface area contributed by atoms with E-state index in [0.717, 1.165) is 5.56 Å². The highest BCUT2D eigenvalue weighted by Gasteiger charge is 2.23. The zero-order chi connectivity index (χ0) is 12.3. The van der Waals surface area contributed by atoms with Gasteiger partial charge in [0, 0.05) is 11.0 Å². The first-order chi connectivity index (χ1) is 7.33. The number of nitrogens with two attached hydrogens (primary N) is 1. The number of primary amides is 1. The monoisotopic (exact) mass is 221 g/mol. The van der Waals surface area contributed by atoms with Gasteiger partial charge in [-0.1, -0.05) is 26.0 Å². The standard InChI is InChI=1S/C12H15NO3/c1-12(2,7-10(14)15)9-5-3-8(4-6-9)11(13)16/h3-6H,7H2,1-2H3,(H2,13,16)(H,14,15). The number of hydrogen-bond donors (Lipinski definition) is 2. The molecule has 0 saturated heterocycles. The minimum absolute atomic E-state index is 0.0446. The molecule has 1 amide bonds. The van der Waals surface area contributed by atoms with E-state index >= 15 is 0 Å². The summed E-state index contributed by atoms with van der Waals surface area (Å²) >= 11 is 0. The van der Waals surface area contributed by atoms with Gasteiger partial charge in [-0.2, -0.15) is 0 Å². The second-order valence-electron chi connectivity index (χ2n) is 4.40. The molecule has 0 bridgehead atoms. The summed E-state index contributed by atoms with van der Waals surface area (Å²) in [6.45, 7) is 3.70. The van der Waals surface area contributed by atoms with E-state index < -0.39 is 17.3 Å². The Morgan fingerprint density at radius 2 is 1.75 bits per heavy atom.